The minimum atomic E-state index is -0.209. The molecule has 0 spiro atoms. The summed E-state index contributed by atoms with van der Waals surface area (Å²) in [5.41, 5.74) is -0.199. The Morgan fingerprint density at radius 3 is 2.85 bits per heavy atom. The smallest absolute Gasteiger partial charge is 0.0868 e. The van der Waals surface area contributed by atoms with Gasteiger partial charge in [0.2, 0.25) is 0 Å². The summed E-state index contributed by atoms with van der Waals surface area (Å²) in [7, 11) is 0. The predicted octanol–water partition coefficient (Wildman–Crippen LogP) is 1.74. The molecule has 1 saturated heterocycles. The van der Waals surface area contributed by atoms with Crippen LogP contribution in [-0.2, 0) is 4.74 Å². The Kier molecular flexibility index (Phi) is 2.00. The van der Waals surface area contributed by atoms with Crippen LogP contribution in [0.25, 0.3) is 0 Å². The Labute approximate surface area is 79.6 Å². The third-order valence-electron chi connectivity index (χ3n) is 3.25. The van der Waals surface area contributed by atoms with E-state index in [-0.39, 0.29) is 23.7 Å². The average Bonchev–Trinajstić information content (AvgIpc) is 2.26. The lowest BCUT2D eigenvalue weighted by molar-refractivity contribution is -0.142. The highest BCUT2D eigenvalue weighted by Gasteiger charge is 2.46. The number of hydrogen-bond acceptors (Lipinski definition) is 2. The molecule has 0 aromatic rings. The van der Waals surface area contributed by atoms with Crippen molar-refractivity contribution < 1.29 is 9.84 Å². The molecule has 2 heteroatoms. The van der Waals surface area contributed by atoms with Crippen LogP contribution in [0.1, 0.15) is 27.2 Å². The maximum Gasteiger partial charge on any atom is 0.0868 e. The van der Waals surface area contributed by atoms with Gasteiger partial charge in [-0.1, -0.05) is 26.0 Å². The molecule has 2 heterocycles. The van der Waals surface area contributed by atoms with Crippen LogP contribution in [0.5, 0.6) is 0 Å². The van der Waals surface area contributed by atoms with Gasteiger partial charge in [0, 0.05) is 12.3 Å². The van der Waals surface area contributed by atoms with E-state index in [9.17, 15) is 5.11 Å². The molecule has 13 heavy (non-hydrogen) atoms. The van der Waals surface area contributed by atoms with E-state index >= 15 is 0 Å². The summed E-state index contributed by atoms with van der Waals surface area (Å²) in [5, 5.41) is 9.97. The van der Waals surface area contributed by atoms with Gasteiger partial charge in [0.15, 0.2) is 0 Å². The average molecular weight is 182 g/mol. The minimum absolute atomic E-state index is 0.133. The van der Waals surface area contributed by atoms with Crippen LogP contribution in [0.4, 0.5) is 0 Å². The first kappa shape index (κ1) is 9.22. The first-order valence-electron chi connectivity index (χ1n) is 5.07. The quantitative estimate of drug-likeness (QED) is 0.626. The molecule has 2 aliphatic heterocycles. The van der Waals surface area contributed by atoms with Gasteiger partial charge in [-0.15, -0.1) is 0 Å². The van der Waals surface area contributed by atoms with E-state index in [1.54, 1.807) is 0 Å². The Bertz CT molecular complexity index is 234. The first-order chi connectivity index (χ1) is 6.02. The Morgan fingerprint density at radius 1 is 1.54 bits per heavy atom. The second-order valence-electron chi connectivity index (χ2n) is 4.85. The predicted molar refractivity (Wildman–Crippen MR) is 51.4 cm³/mol. The second kappa shape index (κ2) is 2.82. The van der Waals surface area contributed by atoms with Gasteiger partial charge < -0.3 is 9.84 Å². The molecule has 4 atom stereocenters. The number of rotatable bonds is 1. The van der Waals surface area contributed by atoms with Gasteiger partial charge in [0.1, 0.15) is 0 Å². The van der Waals surface area contributed by atoms with Gasteiger partial charge in [-0.25, -0.2) is 0 Å². The van der Waals surface area contributed by atoms with Crippen LogP contribution in [0, 0.1) is 11.8 Å². The topological polar surface area (TPSA) is 29.5 Å². The van der Waals surface area contributed by atoms with Crippen LogP contribution >= 0.6 is 0 Å². The van der Waals surface area contributed by atoms with Crippen molar-refractivity contribution in [1.82, 2.24) is 0 Å². The van der Waals surface area contributed by atoms with Crippen molar-refractivity contribution in [3.8, 4) is 0 Å². The zero-order chi connectivity index (χ0) is 9.64. The maximum atomic E-state index is 9.97. The lowest BCUT2D eigenvalue weighted by atomic mass is 9.81. The number of aliphatic hydroxyl groups excluding tert-OH is 1. The van der Waals surface area contributed by atoms with Crippen LogP contribution in [0.2, 0.25) is 0 Å². The van der Waals surface area contributed by atoms with Gasteiger partial charge in [-0.2, -0.15) is 0 Å². The summed E-state index contributed by atoms with van der Waals surface area (Å²) >= 11 is 0. The molecule has 2 nitrogen and oxygen atoms in total. The molecule has 0 aliphatic carbocycles. The van der Waals surface area contributed by atoms with E-state index in [1.807, 2.05) is 6.92 Å². The Balaban J connectivity index is 2.20. The minimum Gasteiger partial charge on any atom is -0.393 e. The van der Waals surface area contributed by atoms with Crippen LogP contribution in [0.3, 0.4) is 0 Å². The molecule has 1 N–H and O–H groups in total. The molecule has 1 unspecified atom stereocenters. The van der Waals surface area contributed by atoms with Crippen LogP contribution in [0.15, 0.2) is 12.2 Å². The summed E-state index contributed by atoms with van der Waals surface area (Å²) in [6.45, 7) is 6.33. The molecular weight excluding hydrogens is 164 g/mol. The molecule has 0 saturated carbocycles. The van der Waals surface area contributed by atoms with Crippen molar-refractivity contribution in [1.29, 1.82) is 0 Å². The maximum absolute atomic E-state index is 9.97. The lowest BCUT2D eigenvalue weighted by Crippen LogP contribution is -2.46. The van der Waals surface area contributed by atoms with Crippen molar-refractivity contribution >= 4 is 0 Å². The highest BCUT2D eigenvalue weighted by Crippen LogP contribution is 2.41. The van der Waals surface area contributed by atoms with Crippen LogP contribution in [-0.4, -0.2) is 22.9 Å². The zero-order valence-electron chi connectivity index (χ0n) is 8.53. The molecule has 74 valence electrons. The molecule has 0 aromatic heterocycles. The molecule has 0 radical (unpaired) electrons. The number of aliphatic hydroxyl groups is 1. The molecule has 2 bridgehead atoms. The zero-order valence-corrected chi connectivity index (χ0v) is 8.53. The highest BCUT2D eigenvalue weighted by molar-refractivity contribution is 5.16. The van der Waals surface area contributed by atoms with Crippen molar-refractivity contribution in [2.45, 2.75) is 45.0 Å². The molecule has 2 aliphatic rings. The van der Waals surface area contributed by atoms with E-state index in [0.717, 1.165) is 6.42 Å². The van der Waals surface area contributed by atoms with E-state index in [2.05, 4.69) is 26.0 Å². The van der Waals surface area contributed by atoms with Gasteiger partial charge >= 0.3 is 0 Å². The second-order valence-corrected chi connectivity index (χ2v) is 4.85. The summed E-state index contributed by atoms with van der Waals surface area (Å²) < 4.78 is 5.86. The molecule has 2 rings (SSSR count). The van der Waals surface area contributed by atoms with Gasteiger partial charge in [0.05, 0.1) is 17.8 Å². The Morgan fingerprint density at radius 2 is 2.23 bits per heavy atom. The first-order valence-corrected chi connectivity index (χ1v) is 5.07. The van der Waals surface area contributed by atoms with Crippen LogP contribution < -0.4 is 0 Å². The lowest BCUT2D eigenvalue weighted by Gasteiger charge is -2.41. The number of fused-ring (bicyclic) bond motifs is 2. The largest absolute Gasteiger partial charge is 0.393 e. The summed E-state index contributed by atoms with van der Waals surface area (Å²) in [4.78, 5) is 0. The van der Waals surface area contributed by atoms with Crippen molar-refractivity contribution in [3.05, 3.63) is 12.2 Å². The molecule has 0 aromatic carbocycles. The van der Waals surface area contributed by atoms with Gasteiger partial charge in [-0.3, -0.25) is 0 Å². The number of hydrogen-bond donors (Lipinski definition) is 1. The van der Waals surface area contributed by atoms with Crippen molar-refractivity contribution in [2.75, 3.05) is 0 Å². The van der Waals surface area contributed by atoms with Gasteiger partial charge in [0.25, 0.3) is 0 Å². The van der Waals surface area contributed by atoms with E-state index in [4.69, 9.17) is 4.74 Å². The van der Waals surface area contributed by atoms with E-state index < -0.39 is 0 Å². The fraction of sp³-hybridized carbons (Fsp3) is 0.818. The summed E-state index contributed by atoms with van der Waals surface area (Å²) in [5.74, 6) is 0.749. The number of ether oxygens (including phenoxy) is 1. The fourth-order valence-electron chi connectivity index (χ4n) is 2.60. The third kappa shape index (κ3) is 1.42. The molecule has 1 fully saturated rings. The standard InChI is InChI=1S/C11H18O2/c1-7(2)10-8(12)6-11(3)5-4-9(10)13-11/h4-5,7-10,12H,6H2,1-3H3/t8?,9-,10+,11+/m1/s1. The van der Waals surface area contributed by atoms with E-state index in [0.29, 0.717) is 5.92 Å². The fourth-order valence-corrected chi connectivity index (χ4v) is 2.60. The monoisotopic (exact) mass is 182 g/mol. The normalized spacial score (nSPS) is 48.8. The SMILES string of the molecule is CC(C)[C@H]1C(O)C[C@]2(C)C=C[C@H]1O2. The Hall–Kier alpha value is -0.340. The van der Waals surface area contributed by atoms with Crippen molar-refractivity contribution in [2.24, 2.45) is 11.8 Å². The van der Waals surface area contributed by atoms with Gasteiger partial charge in [-0.05, 0) is 12.8 Å². The summed E-state index contributed by atoms with van der Waals surface area (Å²) in [6, 6.07) is 0. The molecular formula is C11H18O2. The van der Waals surface area contributed by atoms with E-state index in [1.165, 1.54) is 0 Å². The molecule has 0 amide bonds. The van der Waals surface area contributed by atoms with Crippen molar-refractivity contribution in [3.63, 3.8) is 0 Å². The highest BCUT2D eigenvalue weighted by atomic mass is 16.5. The third-order valence-corrected chi connectivity index (χ3v) is 3.25. The summed E-state index contributed by atoms with van der Waals surface area (Å²) in [6.07, 6.45) is 4.88.